The highest BCUT2D eigenvalue weighted by Gasteiger charge is 2.56. The van der Waals surface area contributed by atoms with E-state index in [1.807, 2.05) is 14.0 Å². The fraction of sp³-hybridized carbons (Fsp3) is 0.588. The van der Waals surface area contributed by atoms with Crippen LogP contribution in [0.5, 0.6) is 0 Å². The normalized spacial score (nSPS) is 23.7. The van der Waals surface area contributed by atoms with Crippen molar-refractivity contribution in [1.29, 1.82) is 0 Å². The first kappa shape index (κ1) is 33.4. The third-order valence-electron chi connectivity index (χ3n) is 9.74. The summed E-state index contributed by atoms with van der Waals surface area (Å²) in [6.07, 6.45) is 7.45. The number of ether oxygens (including phenoxy) is 1. The molecule has 0 saturated carbocycles. The number of hydrogen-bond acceptors (Lipinski definition) is 6. The highest BCUT2D eigenvalue weighted by atomic mass is 35.5. The lowest BCUT2D eigenvalue weighted by molar-refractivity contribution is -0.123. The first-order valence-electron chi connectivity index (χ1n) is 15.7. The van der Waals surface area contributed by atoms with Gasteiger partial charge in [-0.25, -0.2) is 13.8 Å². The Bertz CT molecular complexity index is 1520. The first-order chi connectivity index (χ1) is 21.2. The second-order valence-electron chi connectivity index (χ2n) is 14.1. The quantitative estimate of drug-likeness (QED) is 0.367. The van der Waals surface area contributed by atoms with Crippen molar-refractivity contribution in [3.63, 3.8) is 0 Å². The number of fused-ring (bicyclic) bond motifs is 2. The summed E-state index contributed by atoms with van der Waals surface area (Å²) in [7, 11) is 1.90. The Morgan fingerprint density at radius 2 is 1.82 bits per heavy atom. The molecular formula is C34H45ClF2N6O2. The topological polar surface area (TPSA) is 75.8 Å². The summed E-state index contributed by atoms with van der Waals surface area (Å²) in [6.45, 7) is 15.8. The SMILES string of the molecule is CC(C)(C)N1CCC(c2ccc(F)cc2F)C1.CC1=C(Cl)CC=C2C(=N1)C1(CCN(C=O)CC1)OC2C(C)(C)c1ncnn1C. The summed E-state index contributed by atoms with van der Waals surface area (Å²) >= 11 is 6.45. The molecule has 4 aliphatic heterocycles. The van der Waals surface area contributed by atoms with Crippen LogP contribution in [-0.4, -0.2) is 80.1 Å². The maximum Gasteiger partial charge on any atom is 0.209 e. The number of aliphatic imine (C=N–C) groups is 1. The van der Waals surface area contributed by atoms with Crippen LogP contribution in [-0.2, 0) is 22.0 Å². The number of hydrogen-bond donors (Lipinski definition) is 0. The Hall–Kier alpha value is -2.95. The van der Waals surface area contributed by atoms with Gasteiger partial charge in [0, 0.05) is 61.2 Å². The Morgan fingerprint density at radius 1 is 1.11 bits per heavy atom. The van der Waals surface area contributed by atoms with Gasteiger partial charge in [-0.3, -0.25) is 19.4 Å². The van der Waals surface area contributed by atoms with Crippen molar-refractivity contribution in [3.8, 4) is 0 Å². The predicted molar refractivity (Wildman–Crippen MR) is 172 cm³/mol. The first-order valence-corrected chi connectivity index (χ1v) is 16.1. The van der Waals surface area contributed by atoms with Gasteiger partial charge in [0.25, 0.3) is 0 Å². The van der Waals surface area contributed by atoms with Crippen LogP contribution < -0.4 is 0 Å². The van der Waals surface area contributed by atoms with E-state index in [4.69, 9.17) is 21.3 Å². The molecule has 3 saturated heterocycles. The molecule has 11 heteroatoms. The number of aryl methyl sites for hydroxylation is 1. The number of piperidine rings is 1. The Morgan fingerprint density at radius 3 is 2.40 bits per heavy atom. The zero-order chi connectivity index (χ0) is 32.7. The summed E-state index contributed by atoms with van der Waals surface area (Å²) in [5.41, 5.74) is 2.74. The van der Waals surface area contributed by atoms with Gasteiger partial charge in [-0.15, -0.1) is 0 Å². The van der Waals surface area contributed by atoms with Crippen molar-refractivity contribution < 1.29 is 18.3 Å². The lowest BCUT2D eigenvalue weighted by atomic mass is 9.78. The van der Waals surface area contributed by atoms with Crippen LogP contribution >= 0.6 is 11.6 Å². The van der Waals surface area contributed by atoms with E-state index in [0.717, 1.165) is 72.7 Å². The van der Waals surface area contributed by atoms with E-state index in [2.05, 4.69) is 55.7 Å². The van der Waals surface area contributed by atoms with Gasteiger partial charge in [0.2, 0.25) is 6.41 Å². The molecule has 45 heavy (non-hydrogen) atoms. The summed E-state index contributed by atoms with van der Waals surface area (Å²) in [5, 5.41) is 5.01. The van der Waals surface area contributed by atoms with E-state index in [1.54, 1.807) is 22.0 Å². The number of carbonyl (C=O) groups is 1. The number of halogens is 3. The molecule has 6 rings (SSSR count). The molecule has 2 atom stereocenters. The number of likely N-dealkylation sites (tertiary alicyclic amines) is 2. The lowest BCUT2D eigenvalue weighted by Crippen LogP contribution is -2.48. The number of allylic oxidation sites excluding steroid dienone is 3. The monoisotopic (exact) mass is 642 g/mol. The van der Waals surface area contributed by atoms with Crippen molar-refractivity contribution in [2.24, 2.45) is 12.0 Å². The molecule has 2 aromatic rings. The molecule has 1 amide bonds. The largest absolute Gasteiger partial charge is 0.360 e. The van der Waals surface area contributed by atoms with Crippen molar-refractivity contribution in [2.45, 2.75) is 95.8 Å². The number of carbonyl (C=O) groups excluding carboxylic acids is 1. The summed E-state index contributed by atoms with van der Waals surface area (Å²) < 4.78 is 35.1. The van der Waals surface area contributed by atoms with Gasteiger partial charge in [-0.1, -0.05) is 23.7 Å². The van der Waals surface area contributed by atoms with Crippen molar-refractivity contribution in [3.05, 3.63) is 69.9 Å². The minimum absolute atomic E-state index is 0.116. The molecule has 1 spiro atoms. The zero-order valence-electron chi connectivity index (χ0n) is 27.4. The molecule has 4 aliphatic rings. The molecule has 8 nitrogen and oxygen atoms in total. The molecule has 0 aliphatic carbocycles. The zero-order valence-corrected chi connectivity index (χ0v) is 28.2. The molecule has 0 radical (unpaired) electrons. The standard InChI is InChI=1S/C20H26ClN5O2.C14H19F2N/c1-13-15(21)6-5-14-16(24-13)20(7-9-26(12-27)10-8-20)28-17(14)19(2,3)18-22-11-23-25(18)4;1-14(2,3)17-7-6-10(9-17)12-5-4-11(15)8-13(12)16/h5,11-12,17H,6-10H2,1-4H3;4-5,8,10H,6-7,9H2,1-3H3. The number of rotatable bonds is 4. The average Bonchev–Trinajstić information content (AvgIpc) is 3.69. The van der Waals surface area contributed by atoms with E-state index < -0.39 is 22.7 Å². The Kier molecular flexibility index (Phi) is 9.42. The smallest absolute Gasteiger partial charge is 0.209 e. The average molecular weight is 643 g/mol. The number of benzene rings is 1. The van der Waals surface area contributed by atoms with Gasteiger partial charge in [-0.2, -0.15) is 5.10 Å². The summed E-state index contributed by atoms with van der Waals surface area (Å²) in [6, 6.07) is 3.91. The van der Waals surface area contributed by atoms with Gasteiger partial charge in [0.15, 0.2) is 0 Å². The third-order valence-corrected chi connectivity index (χ3v) is 10.2. The molecule has 2 unspecified atom stereocenters. The van der Waals surface area contributed by atoms with Crippen molar-refractivity contribution >= 4 is 23.7 Å². The molecule has 1 aromatic heterocycles. The van der Waals surface area contributed by atoms with Crippen LogP contribution in [0.1, 0.15) is 84.5 Å². The molecule has 1 aromatic carbocycles. The number of amides is 1. The minimum atomic E-state index is -0.505. The fourth-order valence-electron chi connectivity index (χ4n) is 7.01. The lowest BCUT2D eigenvalue weighted by Gasteiger charge is -2.39. The predicted octanol–water partition coefficient (Wildman–Crippen LogP) is 6.28. The van der Waals surface area contributed by atoms with Crippen LogP contribution in [0.3, 0.4) is 0 Å². The number of nitrogens with zero attached hydrogens (tertiary/aromatic N) is 6. The van der Waals surface area contributed by atoms with E-state index >= 15 is 0 Å². The van der Waals surface area contributed by atoms with E-state index in [1.165, 1.54) is 6.07 Å². The van der Waals surface area contributed by atoms with E-state index in [0.29, 0.717) is 25.1 Å². The van der Waals surface area contributed by atoms with Crippen LogP contribution in [0, 0.1) is 11.6 Å². The summed E-state index contributed by atoms with van der Waals surface area (Å²) in [5.74, 6) is 0.137. The summed E-state index contributed by atoms with van der Waals surface area (Å²) in [4.78, 5) is 24.8. The maximum absolute atomic E-state index is 13.7. The van der Waals surface area contributed by atoms with Gasteiger partial charge >= 0.3 is 0 Å². The van der Waals surface area contributed by atoms with Crippen LogP contribution in [0.4, 0.5) is 8.78 Å². The van der Waals surface area contributed by atoms with Crippen molar-refractivity contribution in [2.75, 3.05) is 26.2 Å². The Labute approximate surface area is 270 Å². The number of aromatic nitrogens is 3. The second kappa shape index (κ2) is 12.7. The molecule has 0 N–H and O–H groups in total. The van der Waals surface area contributed by atoms with Gasteiger partial charge < -0.3 is 9.64 Å². The van der Waals surface area contributed by atoms with Gasteiger partial charge in [0.05, 0.1) is 22.9 Å². The highest BCUT2D eigenvalue weighted by Crippen LogP contribution is 2.48. The molecule has 244 valence electrons. The molecular weight excluding hydrogens is 598 g/mol. The molecule has 5 heterocycles. The highest BCUT2D eigenvalue weighted by molar-refractivity contribution is 6.30. The molecule has 0 bridgehead atoms. The maximum atomic E-state index is 13.7. The van der Waals surface area contributed by atoms with Crippen LogP contribution in [0.15, 0.2) is 51.9 Å². The third kappa shape index (κ3) is 6.65. The van der Waals surface area contributed by atoms with E-state index in [9.17, 15) is 13.6 Å². The van der Waals surface area contributed by atoms with E-state index in [-0.39, 0.29) is 17.6 Å². The second-order valence-corrected chi connectivity index (χ2v) is 14.6. The Balaban J connectivity index is 0.000000201. The van der Waals surface area contributed by atoms with Gasteiger partial charge in [0.1, 0.15) is 29.4 Å². The van der Waals surface area contributed by atoms with Gasteiger partial charge in [-0.05, 0) is 79.0 Å². The fourth-order valence-corrected chi connectivity index (χ4v) is 7.13. The minimum Gasteiger partial charge on any atom is -0.360 e. The van der Waals surface area contributed by atoms with Crippen molar-refractivity contribution in [1.82, 2.24) is 24.6 Å². The molecule has 3 fully saturated rings. The van der Waals surface area contributed by atoms with Crippen LogP contribution in [0.2, 0.25) is 0 Å². The van der Waals surface area contributed by atoms with Crippen LogP contribution in [0.25, 0.3) is 0 Å².